The molecular formula is C23H22N4O3. The van der Waals surface area contributed by atoms with Crippen molar-refractivity contribution in [2.24, 2.45) is 0 Å². The van der Waals surface area contributed by atoms with Gasteiger partial charge in [-0.25, -0.2) is 4.68 Å². The molecule has 4 aromatic rings. The van der Waals surface area contributed by atoms with Crippen LogP contribution in [0, 0.1) is 13.8 Å². The third-order valence-corrected chi connectivity index (χ3v) is 4.63. The van der Waals surface area contributed by atoms with Crippen LogP contribution in [0.3, 0.4) is 0 Å². The van der Waals surface area contributed by atoms with Crippen LogP contribution in [0.5, 0.6) is 0 Å². The van der Waals surface area contributed by atoms with E-state index < -0.39 is 0 Å². The van der Waals surface area contributed by atoms with E-state index in [0.29, 0.717) is 24.6 Å². The van der Waals surface area contributed by atoms with Crippen LogP contribution in [-0.4, -0.2) is 20.9 Å². The monoisotopic (exact) mass is 402 g/mol. The summed E-state index contributed by atoms with van der Waals surface area (Å²) in [7, 11) is 0. The molecule has 2 aromatic carbocycles. The van der Waals surface area contributed by atoms with Crippen molar-refractivity contribution >= 4 is 11.6 Å². The van der Waals surface area contributed by atoms with Gasteiger partial charge in [-0.2, -0.15) is 0 Å². The van der Waals surface area contributed by atoms with Crippen molar-refractivity contribution in [3.63, 3.8) is 0 Å². The van der Waals surface area contributed by atoms with Crippen molar-refractivity contribution in [3.05, 3.63) is 95.2 Å². The van der Waals surface area contributed by atoms with Crippen molar-refractivity contribution in [1.29, 1.82) is 0 Å². The van der Waals surface area contributed by atoms with Gasteiger partial charge in [0.05, 0.1) is 24.3 Å². The van der Waals surface area contributed by atoms with Crippen molar-refractivity contribution in [2.45, 2.75) is 27.1 Å². The summed E-state index contributed by atoms with van der Waals surface area (Å²) in [6.45, 7) is 4.64. The lowest BCUT2D eigenvalue weighted by molar-refractivity contribution is 0.0929. The molecule has 0 saturated heterocycles. The Morgan fingerprint density at radius 3 is 2.73 bits per heavy atom. The lowest BCUT2D eigenvalue weighted by Crippen LogP contribution is -2.14. The number of furan rings is 1. The van der Waals surface area contributed by atoms with Crippen molar-refractivity contribution < 1.29 is 13.9 Å². The molecule has 0 radical (unpaired) electrons. The number of ether oxygens (including phenoxy) is 1. The van der Waals surface area contributed by atoms with E-state index in [1.807, 2.05) is 74.5 Å². The minimum absolute atomic E-state index is 0.288. The molecule has 0 spiro atoms. The van der Waals surface area contributed by atoms with E-state index in [4.69, 9.17) is 9.15 Å². The molecule has 2 aromatic heterocycles. The van der Waals surface area contributed by atoms with Crippen LogP contribution >= 0.6 is 0 Å². The van der Waals surface area contributed by atoms with Gasteiger partial charge in [-0.15, -0.1) is 5.10 Å². The Morgan fingerprint density at radius 2 is 1.93 bits per heavy atom. The molecule has 4 rings (SSSR count). The molecule has 0 saturated carbocycles. The summed E-state index contributed by atoms with van der Waals surface area (Å²) in [6.07, 6.45) is 1.62. The topological polar surface area (TPSA) is 82.2 Å². The highest BCUT2D eigenvalue weighted by Crippen LogP contribution is 2.17. The number of hydrogen-bond donors (Lipinski definition) is 1. The predicted octanol–water partition coefficient (Wildman–Crippen LogP) is 4.45. The van der Waals surface area contributed by atoms with E-state index in [-0.39, 0.29) is 11.6 Å². The fourth-order valence-electron chi connectivity index (χ4n) is 3.14. The van der Waals surface area contributed by atoms with Gasteiger partial charge in [-0.1, -0.05) is 29.5 Å². The van der Waals surface area contributed by atoms with E-state index in [1.54, 1.807) is 10.9 Å². The summed E-state index contributed by atoms with van der Waals surface area (Å²) in [4.78, 5) is 12.8. The number of nitrogens with zero attached hydrogens (tertiary/aromatic N) is 3. The minimum Gasteiger partial charge on any atom is -0.467 e. The summed E-state index contributed by atoms with van der Waals surface area (Å²) >= 11 is 0. The lowest BCUT2D eigenvalue weighted by Gasteiger charge is -2.08. The molecule has 7 nitrogen and oxygen atoms in total. The maximum Gasteiger partial charge on any atom is 0.278 e. The first-order chi connectivity index (χ1) is 14.6. The zero-order valence-corrected chi connectivity index (χ0v) is 16.8. The molecule has 30 heavy (non-hydrogen) atoms. The second-order valence-electron chi connectivity index (χ2n) is 7.00. The highest BCUT2D eigenvalue weighted by molar-refractivity contribution is 6.03. The highest BCUT2D eigenvalue weighted by atomic mass is 16.5. The van der Waals surface area contributed by atoms with Crippen LogP contribution in [0.1, 0.15) is 33.1 Å². The van der Waals surface area contributed by atoms with Crippen LogP contribution in [-0.2, 0) is 18.0 Å². The van der Waals surface area contributed by atoms with Gasteiger partial charge in [0.2, 0.25) is 0 Å². The van der Waals surface area contributed by atoms with Gasteiger partial charge >= 0.3 is 0 Å². The Morgan fingerprint density at radius 1 is 1.07 bits per heavy atom. The van der Waals surface area contributed by atoms with Crippen molar-refractivity contribution in [3.8, 4) is 5.69 Å². The van der Waals surface area contributed by atoms with Crippen LogP contribution in [0.25, 0.3) is 5.69 Å². The molecule has 7 heteroatoms. The second-order valence-corrected chi connectivity index (χ2v) is 7.00. The molecule has 0 unspecified atom stereocenters. The number of benzene rings is 2. The summed E-state index contributed by atoms with van der Waals surface area (Å²) in [5.41, 5.74) is 4.56. The number of hydrogen-bond acceptors (Lipinski definition) is 5. The van der Waals surface area contributed by atoms with E-state index in [1.165, 1.54) is 0 Å². The molecule has 0 aliphatic rings. The SMILES string of the molecule is Cc1cccc(-n2nnc(C(=O)Nc3cccc(COCc4ccco4)c3)c2C)c1. The summed E-state index contributed by atoms with van der Waals surface area (Å²) in [5, 5.41) is 11.1. The molecule has 0 aliphatic heterocycles. The van der Waals surface area contributed by atoms with Crippen molar-refractivity contribution in [1.82, 2.24) is 15.0 Å². The number of anilines is 1. The number of carbonyl (C=O) groups is 1. The molecule has 0 atom stereocenters. The fourth-order valence-corrected chi connectivity index (χ4v) is 3.14. The smallest absolute Gasteiger partial charge is 0.278 e. The number of carbonyl (C=O) groups excluding carboxylic acids is 1. The average Bonchev–Trinajstić information content (AvgIpc) is 3.38. The quantitative estimate of drug-likeness (QED) is 0.494. The summed E-state index contributed by atoms with van der Waals surface area (Å²) in [6, 6.07) is 19.1. The van der Waals surface area contributed by atoms with Gasteiger partial charge in [0.1, 0.15) is 12.4 Å². The maximum absolute atomic E-state index is 12.8. The van der Waals surface area contributed by atoms with Gasteiger partial charge in [-0.05, 0) is 61.4 Å². The van der Waals surface area contributed by atoms with Crippen LogP contribution in [0.2, 0.25) is 0 Å². The standard InChI is InChI=1S/C23H22N4O3/c1-16-6-3-9-20(12-16)27-17(2)22(25-26-27)23(28)24-19-8-4-7-18(13-19)14-29-15-21-10-5-11-30-21/h3-13H,14-15H2,1-2H3,(H,24,28). The molecular weight excluding hydrogens is 380 g/mol. The van der Waals surface area contributed by atoms with E-state index in [0.717, 1.165) is 22.6 Å². The lowest BCUT2D eigenvalue weighted by atomic mass is 10.2. The van der Waals surface area contributed by atoms with Gasteiger partial charge < -0.3 is 14.5 Å². The Hall–Kier alpha value is -3.71. The first-order valence-electron chi connectivity index (χ1n) is 9.60. The highest BCUT2D eigenvalue weighted by Gasteiger charge is 2.17. The molecule has 2 heterocycles. The Labute approximate surface area is 174 Å². The van der Waals surface area contributed by atoms with Crippen LogP contribution in [0.15, 0.2) is 71.3 Å². The number of aromatic nitrogens is 3. The van der Waals surface area contributed by atoms with Gasteiger partial charge in [0.25, 0.3) is 5.91 Å². The van der Waals surface area contributed by atoms with Gasteiger partial charge in [0.15, 0.2) is 5.69 Å². The van der Waals surface area contributed by atoms with Gasteiger partial charge in [0, 0.05) is 5.69 Å². The normalized spacial score (nSPS) is 10.9. The molecule has 0 fully saturated rings. The molecule has 0 bridgehead atoms. The van der Waals surface area contributed by atoms with Crippen LogP contribution in [0.4, 0.5) is 5.69 Å². The molecule has 1 amide bonds. The number of rotatable bonds is 7. The fraction of sp³-hybridized carbons (Fsp3) is 0.174. The van der Waals surface area contributed by atoms with E-state index in [9.17, 15) is 4.79 Å². The predicted molar refractivity (Wildman–Crippen MR) is 112 cm³/mol. The van der Waals surface area contributed by atoms with Crippen LogP contribution < -0.4 is 5.32 Å². The molecule has 152 valence electrons. The second kappa shape index (κ2) is 8.75. The van der Waals surface area contributed by atoms with Gasteiger partial charge in [-0.3, -0.25) is 4.79 Å². The number of nitrogens with one attached hydrogen (secondary N) is 1. The largest absolute Gasteiger partial charge is 0.467 e. The number of aryl methyl sites for hydroxylation is 1. The molecule has 0 aliphatic carbocycles. The van der Waals surface area contributed by atoms with E-state index >= 15 is 0 Å². The third-order valence-electron chi connectivity index (χ3n) is 4.63. The average molecular weight is 402 g/mol. The van der Waals surface area contributed by atoms with E-state index in [2.05, 4.69) is 15.6 Å². The Kier molecular flexibility index (Phi) is 5.72. The van der Waals surface area contributed by atoms with Crippen molar-refractivity contribution in [2.75, 3.05) is 5.32 Å². The first-order valence-corrected chi connectivity index (χ1v) is 9.60. The zero-order chi connectivity index (χ0) is 20.9. The zero-order valence-electron chi connectivity index (χ0n) is 16.8. The Bertz CT molecular complexity index is 1150. The maximum atomic E-state index is 12.8. The Balaban J connectivity index is 1.43. The number of amides is 1. The minimum atomic E-state index is -0.306. The summed E-state index contributed by atoms with van der Waals surface area (Å²) < 4.78 is 12.6. The summed E-state index contributed by atoms with van der Waals surface area (Å²) in [5.74, 6) is 0.465. The molecule has 1 N–H and O–H groups in total. The third kappa shape index (κ3) is 4.47. The first kappa shape index (κ1) is 19.6.